The monoisotopic (exact) mass is 200 g/mol. The molecule has 1 radical (unpaired) electrons. The maximum Gasteiger partial charge on any atom is 0.340 e. The van der Waals surface area contributed by atoms with E-state index in [1.165, 1.54) is 6.20 Å². The Hall–Kier alpha value is -1.04. The molecule has 0 fully saturated rings. The van der Waals surface area contributed by atoms with Gasteiger partial charge in [0, 0.05) is 0 Å². The molecule has 1 heterocycles. The van der Waals surface area contributed by atoms with Crippen LogP contribution in [0.3, 0.4) is 0 Å². The highest BCUT2D eigenvalue weighted by Crippen LogP contribution is 2.25. The van der Waals surface area contributed by atoms with Gasteiger partial charge in [0.25, 0.3) is 0 Å². The first kappa shape index (κ1) is 10.0. The van der Waals surface area contributed by atoms with Crippen LogP contribution < -0.4 is 0 Å². The SMILES string of the molecule is [CH2]C(SCC)c1ncc([N+](=O)[O-])[nH]1. The van der Waals surface area contributed by atoms with Crippen molar-refractivity contribution in [3.8, 4) is 0 Å². The molecule has 0 aliphatic rings. The Morgan fingerprint density at radius 1 is 1.92 bits per heavy atom. The Morgan fingerprint density at radius 3 is 3.08 bits per heavy atom. The topological polar surface area (TPSA) is 71.8 Å². The average Bonchev–Trinajstić information content (AvgIpc) is 2.52. The normalized spacial score (nSPS) is 12.8. The van der Waals surface area contributed by atoms with Crippen molar-refractivity contribution in [3.63, 3.8) is 0 Å². The Kier molecular flexibility index (Phi) is 3.30. The molecule has 1 rings (SSSR count). The number of thioether (sulfide) groups is 1. The summed E-state index contributed by atoms with van der Waals surface area (Å²) in [5.41, 5.74) is 0. The number of hydrogen-bond donors (Lipinski definition) is 1. The van der Waals surface area contributed by atoms with Crippen molar-refractivity contribution in [1.82, 2.24) is 9.97 Å². The van der Waals surface area contributed by atoms with E-state index in [4.69, 9.17) is 0 Å². The van der Waals surface area contributed by atoms with Gasteiger partial charge in [-0.3, -0.25) is 0 Å². The Bertz CT molecular complexity index is 300. The maximum atomic E-state index is 10.3. The molecule has 1 N–H and O–H groups in total. The molecular formula is C7H10N3O2S. The van der Waals surface area contributed by atoms with Crippen LogP contribution in [0.1, 0.15) is 18.0 Å². The molecule has 1 aromatic heterocycles. The van der Waals surface area contributed by atoms with Crippen LogP contribution in [0.2, 0.25) is 0 Å². The Balaban J connectivity index is 2.73. The van der Waals surface area contributed by atoms with Gasteiger partial charge in [-0.25, -0.2) is 9.97 Å². The van der Waals surface area contributed by atoms with E-state index >= 15 is 0 Å². The van der Waals surface area contributed by atoms with Crippen molar-refractivity contribution in [3.05, 3.63) is 29.1 Å². The van der Waals surface area contributed by atoms with Crippen molar-refractivity contribution in [2.45, 2.75) is 12.2 Å². The number of aromatic amines is 1. The zero-order valence-electron chi connectivity index (χ0n) is 7.19. The quantitative estimate of drug-likeness (QED) is 0.595. The average molecular weight is 200 g/mol. The fraction of sp³-hybridized carbons (Fsp3) is 0.429. The third-order valence-corrected chi connectivity index (χ3v) is 2.41. The lowest BCUT2D eigenvalue weighted by Gasteiger charge is -2.01. The van der Waals surface area contributed by atoms with Gasteiger partial charge in [-0.2, -0.15) is 0 Å². The molecule has 0 spiro atoms. The second-order valence-electron chi connectivity index (χ2n) is 2.35. The molecule has 71 valence electrons. The fourth-order valence-electron chi connectivity index (χ4n) is 0.863. The second-order valence-corrected chi connectivity index (χ2v) is 3.83. The minimum Gasteiger partial charge on any atom is -0.358 e. The molecular weight excluding hydrogens is 190 g/mol. The van der Waals surface area contributed by atoms with E-state index < -0.39 is 4.92 Å². The van der Waals surface area contributed by atoms with Gasteiger partial charge in [-0.15, -0.1) is 11.8 Å². The largest absolute Gasteiger partial charge is 0.358 e. The summed E-state index contributed by atoms with van der Waals surface area (Å²) in [5.74, 6) is 1.38. The van der Waals surface area contributed by atoms with Gasteiger partial charge in [-0.05, 0) is 17.6 Å². The maximum absolute atomic E-state index is 10.3. The molecule has 5 nitrogen and oxygen atoms in total. The molecule has 0 aliphatic carbocycles. The van der Waals surface area contributed by atoms with E-state index in [0.717, 1.165) is 5.75 Å². The number of nitrogens with zero attached hydrogens (tertiary/aromatic N) is 2. The van der Waals surface area contributed by atoms with Crippen LogP contribution in [0, 0.1) is 17.0 Å². The van der Waals surface area contributed by atoms with Gasteiger partial charge in [0.1, 0.15) is 6.20 Å². The number of nitro groups is 1. The van der Waals surface area contributed by atoms with Crippen LogP contribution in [-0.2, 0) is 0 Å². The first-order chi connectivity index (χ1) is 6.15. The predicted molar refractivity (Wildman–Crippen MR) is 51.5 cm³/mol. The van der Waals surface area contributed by atoms with Gasteiger partial charge in [0.2, 0.25) is 5.82 Å². The van der Waals surface area contributed by atoms with Crippen LogP contribution in [0.4, 0.5) is 5.82 Å². The summed E-state index contributed by atoms with van der Waals surface area (Å²) in [6, 6.07) is 0. The molecule has 0 aromatic carbocycles. The molecule has 0 aliphatic heterocycles. The molecule has 1 atom stereocenters. The number of rotatable bonds is 4. The number of imidazole rings is 1. The highest BCUT2D eigenvalue weighted by molar-refractivity contribution is 7.99. The third-order valence-electron chi connectivity index (χ3n) is 1.45. The second kappa shape index (κ2) is 4.27. The van der Waals surface area contributed by atoms with Gasteiger partial charge in [0.15, 0.2) is 0 Å². The summed E-state index contributed by atoms with van der Waals surface area (Å²) in [5, 5.41) is 10.2. The minimum absolute atomic E-state index is 0.0706. The number of nitrogens with one attached hydrogen (secondary N) is 1. The standard InChI is InChI=1S/C7H10N3O2S/c1-3-13-5(2)7-8-4-6(9-7)10(11)12/h4-5H,2-3H2,1H3,(H,8,9). The lowest BCUT2D eigenvalue weighted by molar-refractivity contribution is -0.389. The highest BCUT2D eigenvalue weighted by atomic mass is 32.2. The zero-order chi connectivity index (χ0) is 9.84. The summed E-state index contributed by atoms with van der Waals surface area (Å²) < 4.78 is 0. The van der Waals surface area contributed by atoms with E-state index in [1.54, 1.807) is 11.8 Å². The molecule has 1 aromatic rings. The Morgan fingerprint density at radius 2 is 2.62 bits per heavy atom. The van der Waals surface area contributed by atoms with E-state index in [2.05, 4.69) is 16.9 Å². The van der Waals surface area contributed by atoms with E-state index in [1.807, 2.05) is 6.92 Å². The summed E-state index contributed by atoms with van der Waals surface area (Å²) in [7, 11) is 0. The summed E-state index contributed by atoms with van der Waals surface area (Å²) in [4.78, 5) is 16.3. The fourth-order valence-corrected chi connectivity index (χ4v) is 1.54. The lowest BCUT2D eigenvalue weighted by atomic mass is 10.5. The summed E-state index contributed by atoms with van der Waals surface area (Å²) in [6.07, 6.45) is 1.21. The van der Waals surface area contributed by atoms with E-state index in [-0.39, 0.29) is 11.1 Å². The molecule has 0 amide bonds. The first-order valence-corrected chi connectivity index (χ1v) is 4.84. The number of hydrogen-bond acceptors (Lipinski definition) is 4. The highest BCUT2D eigenvalue weighted by Gasteiger charge is 2.15. The molecule has 13 heavy (non-hydrogen) atoms. The van der Waals surface area contributed by atoms with Gasteiger partial charge in [0.05, 0.1) is 5.25 Å². The third kappa shape index (κ3) is 2.45. The smallest absolute Gasteiger partial charge is 0.340 e. The predicted octanol–water partition coefficient (Wildman–Crippen LogP) is 1.95. The van der Waals surface area contributed by atoms with Crippen molar-refractivity contribution >= 4 is 17.6 Å². The first-order valence-electron chi connectivity index (χ1n) is 3.79. The van der Waals surface area contributed by atoms with Crippen LogP contribution >= 0.6 is 11.8 Å². The van der Waals surface area contributed by atoms with Gasteiger partial charge in [-0.1, -0.05) is 6.92 Å². The van der Waals surface area contributed by atoms with Crippen LogP contribution in [0.5, 0.6) is 0 Å². The summed E-state index contributed by atoms with van der Waals surface area (Å²) in [6.45, 7) is 5.82. The molecule has 0 saturated carbocycles. The van der Waals surface area contributed by atoms with E-state index in [0.29, 0.717) is 5.82 Å². The van der Waals surface area contributed by atoms with Gasteiger partial charge < -0.3 is 10.1 Å². The van der Waals surface area contributed by atoms with Crippen LogP contribution in [0.25, 0.3) is 0 Å². The summed E-state index contributed by atoms with van der Waals surface area (Å²) >= 11 is 1.58. The van der Waals surface area contributed by atoms with Crippen molar-refractivity contribution < 1.29 is 4.92 Å². The van der Waals surface area contributed by atoms with Crippen LogP contribution in [0.15, 0.2) is 6.20 Å². The molecule has 1 unspecified atom stereocenters. The zero-order valence-corrected chi connectivity index (χ0v) is 8.00. The number of aromatic nitrogens is 2. The molecule has 0 bridgehead atoms. The van der Waals surface area contributed by atoms with Gasteiger partial charge >= 0.3 is 5.82 Å². The molecule has 6 heteroatoms. The van der Waals surface area contributed by atoms with Crippen LogP contribution in [-0.4, -0.2) is 20.6 Å². The minimum atomic E-state index is -0.500. The van der Waals surface area contributed by atoms with Crippen molar-refractivity contribution in [1.29, 1.82) is 0 Å². The van der Waals surface area contributed by atoms with Crippen molar-refractivity contribution in [2.24, 2.45) is 0 Å². The Labute approximate surface area is 80.1 Å². The van der Waals surface area contributed by atoms with Crippen molar-refractivity contribution in [2.75, 3.05) is 5.75 Å². The molecule has 0 saturated heterocycles. The number of H-pyrrole nitrogens is 1. The van der Waals surface area contributed by atoms with E-state index in [9.17, 15) is 10.1 Å². The lowest BCUT2D eigenvalue weighted by Crippen LogP contribution is -1.93.